The highest BCUT2D eigenvalue weighted by molar-refractivity contribution is 5.32. The zero-order valence-corrected chi connectivity index (χ0v) is 12.1. The van der Waals surface area contributed by atoms with Crippen molar-refractivity contribution in [1.29, 1.82) is 0 Å². The summed E-state index contributed by atoms with van der Waals surface area (Å²) in [6.07, 6.45) is 3.70. The molecule has 2 rings (SSSR count). The van der Waals surface area contributed by atoms with Gasteiger partial charge in [0.15, 0.2) is 5.82 Å². The molecular weight excluding hydrogens is 236 g/mol. The van der Waals surface area contributed by atoms with Gasteiger partial charge in [-0.1, -0.05) is 27.7 Å². The third kappa shape index (κ3) is 3.41. The lowest BCUT2D eigenvalue weighted by molar-refractivity contribution is 0.563. The molecule has 2 heterocycles. The molecule has 0 amide bonds. The van der Waals surface area contributed by atoms with Crippen LogP contribution in [0.25, 0.3) is 5.82 Å². The Bertz CT molecular complexity index is 524. The van der Waals surface area contributed by atoms with Gasteiger partial charge in [-0.05, 0) is 30.3 Å². The third-order valence-electron chi connectivity index (χ3n) is 2.96. The van der Waals surface area contributed by atoms with Crippen LogP contribution in [0.3, 0.4) is 0 Å². The molecule has 102 valence electrons. The van der Waals surface area contributed by atoms with Crippen molar-refractivity contribution in [1.82, 2.24) is 20.1 Å². The van der Waals surface area contributed by atoms with Gasteiger partial charge in [0.25, 0.3) is 0 Å². The molecule has 0 radical (unpaired) electrons. The van der Waals surface area contributed by atoms with Gasteiger partial charge < -0.3 is 5.32 Å². The molecule has 0 saturated carbocycles. The van der Waals surface area contributed by atoms with Crippen LogP contribution in [-0.2, 0) is 12.0 Å². The first-order valence-corrected chi connectivity index (χ1v) is 6.73. The fourth-order valence-electron chi connectivity index (χ4n) is 1.85. The lowest BCUT2D eigenvalue weighted by atomic mass is 9.90. The smallest absolute Gasteiger partial charge is 0.153 e. The van der Waals surface area contributed by atoms with Gasteiger partial charge in [0.2, 0.25) is 0 Å². The van der Waals surface area contributed by atoms with Crippen LogP contribution in [0, 0.1) is 0 Å². The van der Waals surface area contributed by atoms with Crippen molar-refractivity contribution >= 4 is 0 Å². The number of nitrogens with one attached hydrogen (secondary N) is 1. The van der Waals surface area contributed by atoms with E-state index >= 15 is 0 Å². The lowest BCUT2D eigenvalue weighted by Gasteiger charge is -2.20. The predicted octanol–water partition coefficient (Wildman–Crippen LogP) is 2.67. The van der Waals surface area contributed by atoms with Crippen molar-refractivity contribution < 1.29 is 0 Å². The number of hydrogen-bond donors (Lipinski definition) is 1. The van der Waals surface area contributed by atoms with E-state index in [4.69, 9.17) is 4.98 Å². The molecule has 0 aliphatic rings. The summed E-state index contributed by atoms with van der Waals surface area (Å²) in [7, 11) is 0. The average molecular weight is 258 g/mol. The Morgan fingerprint density at radius 3 is 2.63 bits per heavy atom. The fourth-order valence-corrected chi connectivity index (χ4v) is 1.85. The summed E-state index contributed by atoms with van der Waals surface area (Å²) in [5.74, 6) is 0.880. The molecule has 1 N–H and O–H groups in total. The topological polar surface area (TPSA) is 42.7 Å². The highest BCUT2D eigenvalue weighted by atomic mass is 15.3. The van der Waals surface area contributed by atoms with Gasteiger partial charge in [-0.15, -0.1) is 0 Å². The van der Waals surface area contributed by atoms with E-state index in [1.807, 2.05) is 16.9 Å². The average Bonchev–Trinajstić information content (AvgIpc) is 2.89. The van der Waals surface area contributed by atoms with Crippen molar-refractivity contribution in [3.05, 3.63) is 41.9 Å². The Morgan fingerprint density at radius 2 is 2.05 bits per heavy atom. The number of nitrogens with zero attached hydrogens (tertiary/aromatic N) is 3. The van der Waals surface area contributed by atoms with Crippen LogP contribution in [-0.4, -0.2) is 21.3 Å². The minimum Gasteiger partial charge on any atom is -0.313 e. The molecule has 2 aromatic rings. The first-order chi connectivity index (χ1) is 9.00. The van der Waals surface area contributed by atoms with E-state index in [0.717, 1.165) is 24.6 Å². The molecule has 0 spiro atoms. The minimum atomic E-state index is 0.0319. The van der Waals surface area contributed by atoms with Gasteiger partial charge in [-0.25, -0.2) is 9.67 Å². The van der Waals surface area contributed by atoms with Gasteiger partial charge >= 0.3 is 0 Å². The van der Waals surface area contributed by atoms with E-state index in [1.54, 1.807) is 6.20 Å². The first-order valence-electron chi connectivity index (χ1n) is 6.73. The Kier molecular flexibility index (Phi) is 4.00. The molecule has 0 aromatic carbocycles. The summed E-state index contributed by atoms with van der Waals surface area (Å²) in [5, 5.41) is 7.62. The molecule has 19 heavy (non-hydrogen) atoms. The zero-order valence-electron chi connectivity index (χ0n) is 12.1. The molecule has 4 heteroatoms. The summed E-state index contributed by atoms with van der Waals surface area (Å²) >= 11 is 0. The van der Waals surface area contributed by atoms with Crippen LogP contribution in [0.4, 0.5) is 0 Å². The third-order valence-corrected chi connectivity index (χ3v) is 2.96. The summed E-state index contributed by atoms with van der Waals surface area (Å²) in [5.41, 5.74) is 2.37. The molecule has 2 aromatic heterocycles. The first kappa shape index (κ1) is 13.7. The normalized spacial score (nSPS) is 11.8. The van der Waals surface area contributed by atoms with Gasteiger partial charge in [0.1, 0.15) is 0 Å². The van der Waals surface area contributed by atoms with Crippen LogP contribution in [0.5, 0.6) is 0 Å². The number of rotatable bonds is 4. The molecule has 0 fully saturated rings. The SMILES string of the molecule is CCNCc1cc(-n2cccn2)nc(C(C)(C)C)c1. The second kappa shape index (κ2) is 5.53. The van der Waals surface area contributed by atoms with Crippen molar-refractivity contribution in [2.45, 2.75) is 39.7 Å². The van der Waals surface area contributed by atoms with E-state index < -0.39 is 0 Å². The summed E-state index contributed by atoms with van der Waals surface area (Å²) in [6, 6.07) is 6.18. The molecular formula is C15H22N4. The van der Waals surface area contributed by atoms with E-state index in [9.17, 15) is 0 Å². The molecule has 0 saturated heterocycles. The molecule has 0 unspecified atom stereocenters. The van der Waals surface area contributed by atoms with Crippen molar-refractivity contribution in [2.24, 2.45) is 0 Å². The van der Waals surface area contributed by atoms with Crippen molar-refractivity contribution in [3.63, 3.8) is 0 Å². The van der Waals surface area contributed by atoms with Crippen LogP contribution in [0.1, 0.15) is 39.0 Å². The van der Waals surface area contributed by atoms with Gasteiger partial charge in [0.05, 0.1) is 0 Å². The van der Waals surface area contributed by atoms with Gasteiger partial charge in [-0.2, -0.15) is 5.10 Å². The van der Waals surface area contributed by atoms with E-state index in [-0.39, 0.29) is 5.41 Å². The number of aromatic nitrogens is 3. The lowest BCUT2D eigenvalue weighted by Crippen LogP contribution is -2.18. The second-order valence-electron chi connectivity index (χ2n) is 5.70. The van der Waals surface area contributed by atoms with Crippen molar-refractivity contribution in [2.75, 3.05) is 6.54 Å². The summed E-state index contributed by atoms with van der Waals surface area (Å²) in [4.78, 5) is 4.73. The molecule has 0 aliphatic carbocycles. The Morgan fingerprint density at radius 1 is 1.26 bits per heavy atom. The maximum absolute atomic E-state index is 4.73. The summed E-state index contributed by atoms with van der Waals surface area (Å²) in [6.45, 7) is 10.5. The zero-order chi connectivity index (χ0) is 13.9. The Labute approximate surface area is 114 Å². The molecule has 0 atom stereocenters. The van der Waals surface area contributed by atoms with Crippen molar-refractivity contribution in [3.8, 4) is 5.82 Å². The highest BCUT2D eigenvalue weighted by Crippen LogP contribution is 2.22. The van der Waals surface area contributed by atoms with Gasteiger partial charge in [0, 0.05) is 30.0 Å². The second-order valence-corrected chi connectivity index (χ2v) is 5.70. The molecule has 0 aliphatic heterocycles. The van der Waals surface area contributed by atoms with Gasteiger partial charge in [-0.3, -0.25) is 0 Å². The molecule has 4 nitrogen and oxygen atoms in total. The Hall–Kier alpha value is -1.68. The minimum absolute atomic E-state index is 0.0319. The van der Waals surface area contributed by atoms with E-state index in [0.29, 0.717) is 0 Å². The highest BCUT2D eigenvalue weighted by Gasteiger charge is 2.17. The van der Waals surface area contributed by atoms with Crippen LogP contribution < -0.4 is 5.32 Å². The molecule has 0 bridgehead atoms. The monoisotopic (exact) mass is 258 g/mol. The van der Waals surface area contributed by atoms with E-state index in [2.05, 4.69) is 50.2 Å². The largest absolute Gasteiger partial charge is 0.313 e. The maximum atomic E-state index is 4.73. The fraction of sp³-hybridized carbons (Fsp3) is 0.467. The standard InChI is InChI=1S/C15H22N4/c1-5-16-11-12-9-13(15(2,3)4)18-14(10-12)19-8-6-7-17-19/h6-10,16H,5,11H2,1-4H3. The van der Waals surface area contributed by atoms with Crippen LogP contribution in [0.2, 0.25) is 0 Å². The quantitative estimate of drug-likeness (QED) is 0.917. The van der Waals surface area contributed by atoms with Crippen LogP contribution in [0.15, 0.2) is 30.6 Å². The maximum Gasteiger partial charge on any atom is 0.153 e. The summed E-state index contributed by atoms with van der Waals surface area (Å²) < 4.78 is 1.81. The predicted molar refractivity (Wildman–Crippen MR) is 77.4 cm³/mol. The van der Waals surface area contributed by atoms with Crippen LogP contribution >= 0.6 is 0 Å². The number of hydrogen-bond acceptors (Lipinski definition) is 3. The number of pyridine rings is 1. The van der Waals surface area contributed by atoms with E-state index in [1.165, 1.54) is 5.56 Å². The Balaban J connectivity index is 2.43.